The standard InChI is InChI=1S/C15H22ClNO2S/c1-12-8-10-13(11-9-12)20(18,19)17-15-7-5-3-2-4-6-14(15)16/h8-11,14-15,17H,2-7H2,1H3. The van der Waals surface area contributed by atoms with E-state index in [4.69, 9.17) is 11.6 Å². The van der Waals surface area contributed by atoms with E-state index in [0.717, 1.165) is 37.7 Å². The fourth-order valence-corrected chi connectivity index (χ4v) is 4.29. The molecular formula is C15H22ClNO2S. The highest BCUT2D eigenvalue weighted by molar-refractivity contribution is 7.89. The predicted octanol–water partition coefficient (Wildman–Crippen LogP) is 3.60. The molecule has 0 spiro atoms. The summed E-state index contributed by atoms with van der Waals surface area (Å²) in [6.45, 7) is 1.94. The molecule has 3 nitrogen and oxygen atoms in total. The minimum atomic E-state index is -3.47. The Morgan fingerprint density at radius 2 is 1.65 bits per heavy atom. The summed E-state index contributed by atoms with van der Waals surface area (Å²) in [6, 6.07) is 6.74. The lowest BCUT2D eigenvalue weighted by Gasteiger charge is -2.25. The van der Waals surface area contributed by atoms with Crippen molar-refractivity contribution in [1.82, 2.24) is 4.72 Å². The molecule has 1 aliphatic rings. The summed E-state index contributed by atoms with van der Waals surface area (Å²) < 4.78 is 27.6. The number of aryl methyl sites for hydroxylation is 1. The molecule has 5 heteroatoms. The molecule has 0 heterocycles. The highest BCUT2D eigenvalue weighted by atomic mass is 35.5. The van der Waals surface area contributed by atoms with Crippen molar-refractivity contribution in [2.45, 2.75) is 61.8 Å². The maximum absolute atomic E-state index is 12.4. The van der Waals surface area contributed by atoms with Crippen LogP contribution in [0.3, 0.4) is 0 Å². The van der Waals surface area contributed by atoms with E-state index in [-0.39, 0.29) is 11.4 Å². The number of halogens is 1. The fraction of sp³-hybridized carbons (Fsp3) is 0.600. The minimum Gasteiger partial charge on any atom is -0.207 e. The summed E-state index contributed by atoms with van der Waals surface area (Å²) in [5.74, 6) is 0. The first-order chi connectivity index (χ1) is 9.49. The van der Waals surface area contributed by atoms with Gasteiger partial charge in [-0.2, -0.15) is 0 Å². The van der Waals surface area contributed by atoms with Crippen molar-refractivity contribution in [1.29, 1.82) is 0 Å². The molecule has 20 heavy (non-hydrogen) atoms. The van der Waals surface area contributed by atoms with Crippen LogP contribution in [0.1, 0.15) is 44.1 Å². The molecule has 0 bridgehead atoms. The third kappa shape index (κ3) is 4.21. The molecule has 1 saturated carbocycles. The molecule has 1 N–H and O–H groups in total. The van der Waals surface area contributed by atoms with Crippen LogP contribution in [-0.4, -0.2) is 19.8 Å². The Hall–Kier alpha value is -0.580. The summed E-state index contributed by atoms with van der Waals surface area (Å²) in [4.78, 5) is 0.314. The van der Waals surface area contributed by atoms with E-state index in [9.17, 15) is 8.42 Å². The SMILES string of the molecule is Cc1ccc(S(=O)(=O)NC2CCCCCCC2Cl)cc1. The van der Waals surface area contributed by atoms with Crippen LogP contribution in [0, 0.1) is 6.92 Å². The zero-order chi connectivity index (χ0) is 14.6. The van der Waals surface area contributed by atoms with Gasteiger partial charge in [0.1, 0.15) is 0 Å². The molecule has 0 aromatic heterocycles. The quantitative estimate of drug-likeness (QED) is 0.866. The average Bonchev–Trinajstić information content (AvgIpc) is 2.39. The lowest BCUT2D eigenvalue weighted by atomic mass is 9.97. The van der Waals surface area contributed by atoms with Gasteiger partial charge in [-0.25, -0.2) is 13.1 Å². The highest BCUT2D eigenvalue weighted by Gasteiger charge is 2.26. The highest BCUT2D eigenvalue weighted by Crippen LogP contribution is 2.23. The first-order valence-corrected chi connectivity index (χ1v) is 9.14. The Labute approximate surface area is 126 Å². The lowest BCUT2D eigenvalue weighted by Crippen LogP contribution is -2.41. The van der Waals surface area contributed by atoms with E-state index >= 15 is 0 Å². The molecule has 1 aliphatic carbocycles. The number of alkyl halides is 1. The van der Waals surface area contributed by atoms with E-state index in [1.165, 1.54) is 6.42 Å². The number of nitrogens with one attached hydrogen (secondary N) is 1. The second kappa shape index (κ2) is 6.92. The van der Waals surface area contributed by atoms with E-state index in [1.807, 2.05) is 19.1 Å². The van der Waals surface area contributed by atoms with Gasteiger partial charge < -0.3 is 0 Å². The Morgan fingerprint density at radius 3 is 2.30 bits per heavy atom. The van der Waals surface area contributed by atoms with Gasteiger partial charge in [-0.3, -0.25) is 0 Å². The Bertz CT molecular complexity index is 527. The predicted molar refractivity (Wildman–Crippen MR) is 82.6 cm³/mol. The monoisotopic (exact) mass is 315 g/mol. The summed E-state index contributed by atoms with van der Waals surface area (Å²) >= 11 is 6.35. The van der Waals surface area contributed by atoms with Gasteiger partial charge in [0.05, 0.1) is 4.90 Å². The van der Waals surface area contributed by atoms with Crippen LogP contribution in [0.15, 0.2) is 29.2 Å². The summed E-state index contributed by atoms with van der Waals surface area (Å²) in [7, 11) is -3.47. The van der Waals surface area contributed by atoms with Crippen molar-refractivity contribution in [2.75, 3.05) is 0 Å². The first-order valence-electron chi connectivity index (χ1n) is 7.22. The van der Waals surface area contributed by atoms with Crippen LogP contribution < -0.4 is 4.72 Å². The third-order valence-electron chi connectivity index (χ3n) is 3.82. The van der Waals surface area contributed by atoms with Crippen LogP contribution in [0.4, 0.5) is 0 Å². The third-order valence-corrected chi connectivity index (χ3v) is 5.85. The van der Waals surface area contributed by atoms with Gasteiger partial charge in [0.25, 0.3) is 0 Å². The van der Waals surface area contributed by atoms with Gasteiger partial charge in [-0.15, -0.1) is 11.6 Å². The van der Waals surface area contributed by atoms with Crippen molar-refractivity contribution in [3.8, 4) is 0 Å². The maximum Gasteiger partial charge on any atom is 0.240 e. The minimum absolute atomic E-state index is 0.115. The van der Waals surface area contributed by atoms with E-state index in [0.29, 0.717) is 4.90 Å². The number of rotatable bonds is 3. The zero-order valence-corrected chi connectivity index (χ0v) is 13.4. The van der Waals surface area contributed by atoms with Crippen LogP contribution in [0.2, 0.25) is 0 Å². The fourth-order valence-electron chi connectivity index (χ4n) is 2.56. The Kier molecular flexibility index (Phi) is 5.47. The van der Waals surface area contributed by atoms with E-state index in [1.54, 1.807) is 12.1 Å². The zero-order valence-electron chi connectivity index (χ0n) is 11.8. The smallest absolute Gasteiger partial charge is 0.207 e. The molecule has 112 valence electrons. The average molecular weight is 316 g/mol. The molecular weight excluding hydrogens is 294 g/mol. The first kappa shape index (κ1) is 15.8. The van der Waals surface area contributed by atoms with Gasteiger partial charge in [-0.1, -0.05) is 43.4 Å². The summed E-state index contributed by atoms with van der Waals surface area (Å²) in [5.41, 5.74) is 1.05. The van der Waals surface area contributed by atoms with Gasteiger partial charge >= 0.3 is 0 Å². The van der Waals surface area contributed by atoms with Crippen molar-refractivity contribution in [3.05, 3.63) is 29.8 Å². The molecule has 0 amide bonds. The van der Waals surface area contributed by atoms with Crippen LogP contribution in [0.25, 0.3) is 0 Å². The van der Waals surface area contributed by atoms with Gasteiger partial charge in [0, 0.05) is 11.4 Å². The van der Waals surface area contributed by atoms with Gasteiger partial charge in [-0.05, 0) is 31.9 Å². The second-order valence-electron chi connectivity index (χ2n) is 5.55. The molecule has 2 atom stereocenters. The normalized spacial score (nSPS) is 24.9. The molecule has 2 rings (SSSR count). The Balaban J connectivity index is 2.11. The molecule has 1 aromatic carbocycles. The van der Waals surface area contributed by atoms with E-state index < -0.39 is 10.0 Å². The molecule has 1 fully saturated rings. The molecule has 0 radical (unpaired) electrons. The molecule has 1 aromatic rings. The Morgan fingerprint density at radius 1 is 1.05 bits per heavy atom. The molecule has 0 saturated heterocycles. The largest absolute Gasteiger partial charge is 0.240 e. The molecule has 0 aliphatic heterocycles. The summed E-state index contributed by atoms with van der Waals surface area (Å²) in [5, 5.41) is -0.115. The van der Waals surface area contributed by atoms with Crippen molar-refractivity contribution < 1.29 is 8.42 Å². The van der Waals surface area contributed by atoms with Crippen molar-refractivity contribution >= 4 is 21.6 Å². The maximum atomic E-state index is 12.4. The number of sulfonamides is 1. The van der Waals surface area contributed by atoms with Gasteiger partial charge in [0.2, 0.25) is 10.0 Å². The van der Waals surface area contributed by atoms with Crippen LogP contribution in [-0.2, 0) is 10.0 Å². The topological polar surface area (TPSA) is 46.2 Å². The van der Waals surface area contributed by atoms with Crippen molar-refractivity contribution in [2.24, 2.45) is 0 Å². The lowest BCUT2D eigenvalue weighted by molar-refractivity contribution is 0.432. The number of benzene rings is 1. The van der Waals surface area contributed by atoms with Crippen LogP contribution in [0.5, 0.6) is 0 Å². The molecule has 2 unspecified atom stereocenters. The van der Waals surface area contributed by atoms with Crippen LogP contribution >= 0.6 is 11.6 Å². The number of hydrogen-bond donors (Lipinski definition) is 1. The van der Waals surface area contributed by atoms with Gasteiger partial charge in [0.15, 0.2) is 0 Å². The van der Waals surface area contributed by atoms with E-state index in [2.05, 4.69) is 4.72 Å². The second-order valence-corrected chi connectivity index (χ2v) is 7.82. The summed E-state index contributed by atoms with van der Waals surface area (Å²) in [6.07, 6.45) is 6.16. The van der Waals surface area contributed by atoms with Crippen molar-refractivity contribution in [3.63, 3.8) is 0 Å². The number of hydrogen-bond acceptors (Lipinski definition) is 2.